The van der Waals surface area contributed by atoms with Gasteiger partial charge >= 0.3 is 0 Å². The number of nitrogens with one attached hydrogen (secondary N) is 2. The van der Waals surface area contributed by atoms with Crippen LogP contribution in [0.5, 0.6) is 0 Å². The number of pyridine rings is 1. The summed E-state index contributed by atoms with van der Waals surface area (Å²) in [5.41, 5.74) is 5.26. The summed E-state index contributed by atoms with van der Waals surface area (Å²) in [5, 5.41) is 17.1. The van der Waals surface area contributed by atoms with Gasteiger partial charge in [-0.05, 0) is 74.4 Å². The fourth-order valence-corrected chi connectivity index (χ4v) is 5.58. The lowest BCUT2D eigenvalue weighted by molar-refractivity contribution is 0.490. The van der Waals surface area contributed by atoms with Crippen LogP contribution < -0.4 is 16.2 Å². The van der Waals surface area contributed by atoms with Crippen LogP contribution >= 0.6 is 0 Å². The zero-order valence-electron chi connectivity index (χ0n) is 20.1. The first kappa shape index (κ1) is 21.3. The smallest absolute Gasteiger partial charge is 0.278 e. The average Bonchev–Trinajstić information content (AvgIpc) is 3.83. The molecule has 9 nitrogen and oxygen atoms in total. The Bertz CT molecular complexity index is 1630. The summed E-state index contributed by atoms with van der Waals surface area (Å²) in [6.07, 6.45) is 8.31. The van der Waals surface area contributed by atoms with Crippen molar-refractivity contribution in [2.75, 3.05) is 11.9 Å². The van der Waals surface area contributed by atoms with Crippen molar-refractivity contribution in [1.82, 2.24) is 29.6 Å². The van der Waals surface area contributed by atoms with Crippen LogP contribution in [0.15, 0.2) is 47.5 Å². The van der Waals surface area contributed by atoms with Crippen molar-refractivity contribution in [2.24, 2.45) is 0 Å². The van der Waals surface area contributed by atoms with E-state index in [-0.39, 0.29) is 11.1 Å². The summed E-state index contributed by atoms with van der Waals surface area (Å²) in [7, 11) is 0. The van der Waals surface area contributed by atoms with Gasteiger partial charge in [-0.25, -0.2) is 14.3 Å². The van der Waals surface area contributed by atoms with Crippen molar-refractivity contribution in [1.29, 1.82) is 5.26 Å². The Morgan fingerprint density at radius 2 is 2.03 bits per heavy atom. The molecule has 3 aliphatic rings. The summed E-state index contributed by atoms with van der Waals surface area (Å²) >= 11 is 0. The van der Waals surface area contributed by atoms with Crippen molar-refractivity contribution in [3.63, 3.8) is 0 Å². The zero-order valence-corrected chi connectivity index (χ0v) is 20.1. The fraction of sp³-hybridized carbons (Fsp3) is 0.370. The second kappa shape index (κ2) is 7.48. The van der Waals surface area contributed by atoms with Gasteiger partial charge in [-0.3, -0.25) is 9.78 Å². The van der Waals surface area contributed by atoms with E-state index in [1.54, 1.807) is 17.1 Å². The van der Waals surface area contributed by atoms with Crippen molar-refractivity contribution in [2.45, 2.75) is 56.5 Å². The molecule has 2 saturated carbocycles. The molecule has 36 heavy (non-hydrogen) atoms. The van der Waals surface area contributed by atoms with Gasteiger partial charge in [-0.15, -0.1) is 0 Å². The van der Waals surface area contributed by atoms with Gasteiger partial charge in [-0.1, -0.05) is 6.07 Å². The highest BCUT2D eigenvalue weighted by atomic mass is 16.1. The lowest BCUT2D eigenvalue weighted by atomic mass is 9.92. The number of anilines is 2. The molecule has 0 unspecified atom stereocenters. The molecule has 0 amide bonds. The number of nitriles is 1. The summed E-state index contributed by atoms with van der Waals surface area (Å²) in [6, 6.07) is 12.6. The summed E-state index contributed by atoms with van der Waals surface area (Å²) in [5.74, 6) is 0.435. The Labute approximate surface area is 207 Å². The van der Waals surface area contributed by atoms with Crippen LogP contribution in [0.25, 0.3) is 16.7 Å². The molecule has 2 N–H and O–H groups in total. The van der Waals surface area contributed by atoms with Crippen LogP contribution in [0.4, 0.5) is 11.6 Å². The Balaban J connectivity index is 1.30. The molecule has 0 bridgehead atoms. The number of fused-ring (bicyclic) bond motifs is 3. The molecular weight excluding hydrogens is 452 g/mol. The number of aromatic nitrogens is 5. The third kappa shape index (κ3) is 3.11. The zero-order chi connectivity index (χ0) is 24.5. The van der Waals surface area contributed by atoms with Crippen molar-refractivity contribution < 1.29 is 0 Å². The van der Waals surface area contributed by atoms with E-state index < -0.39 is 5.41 Å². The van der Waals surface area contributed by atoms with E-state index in [4.69, 9.17) is 4.98 Å². The standard InChI is InChI=1S/C27H26N8O/c1-2-34-24(36)20-15-30-25(32-18-3-4-21-17(13-18)5-12-31-27(21)9-10-27)33-23(20)35(34)19-6-11-29-22(14-19)26(16-28)7-8-26/h3-4,6,11,13-15,31H,2,5,7-10,12H2,1H3,(H,30,32,33). The molecule has 180 valence electrons. The molecule has 7 rings (SSSR count). The summed E-state index contributed by atoms with van der Waals surface area (Å²) in [4.78, 5) is 26.9. The first-order valence-electron chi connectivity index (χ1n) is 12.6. The highest BCUT2D eigenvalue weighted by Crippen LogP contribution is 2.49. The van der Waals surface area contributed by atoms with Crippen LogP contribution in [-0.4, -0.2) is 30.9 Å². The Morgan fingerprint density at radius 1 is 1.17 bits per heavy atom. The van der Waals surface area contributed by atoms with Crippen LogP contribution in [-0.2, 0) is 23.9 Å². The molecule has 2 fully saturated rings. The van der Waals surface area contributed by atoms with E-state index in [2.05, 4.69) is 44.9 Å². The molecule has 0 atom stereocenters. The number of rotatable bonds is 5. The lowest BCUT2D eigenvalue weighted by Gasteiger charge is -2.27. The van der Waals surface area contributed by atoms with Gasteiger partial charge in [0.25, 0.3) is 5.56 Å². The monoisotopic (exact) mass is 478 g/mol. The van der Waals surface area contributed by atoms with E-state index in [1.807, 2.05) is 23.7 Å². The fourth-order valence-electron chi connectivity index (χ4n) is 5.58. The van der Waals surface area contributed by atoms with Crippen LogP contribution in [0.2, 0.25) is 0 Å². The highest BCUT2D eigenvalue weighted by Gasteiger charge is 2.47. The SMILES string of the molecule is CCn1c(=O)c2cnc(Nc3ccc4c(c3)CCNC43CC3)nc2n1-c1ccnc(C2(C#N)CC2)c1. The average molecular weight is 479 g/mol. The van der Waals surface area contributed by atoms with Gasteiger partial charge in [0.2, 0.25) is 5.95 Å². The normalized spacial score (nSPS) is 18.6. The van der Waals surface area contributed by atoms with E-state index >= 15 is 0 Å². The topological polar surface area (TPSA) is 113 Å². The summed E-state index contributed by atoms with van der Waals surface area (Å²) < 4.78 is 3.47. The second-order valence-corrected chi connectivity index (χ2v) is 10.1. The molecule has 1 aliphatic heterocycles. The number of nitrogens with zero attached hydrogens (tertiary/aromatic N) is 6. The maximum Gasteiger partial charge on any atom is 0.278 e. The first-order chi connectivity index (χ1) is 17.6. The maximum atomic E-state index is 13.2. The Kier molecular flexibility index (Phi) is 4.42. The number of hydrogen-bond acceptors (Lipinski definition) is 7. The minimum atomic E-state index is -0.515. The van der Waals surface area contributed by atoms with E-state index in [0.717, 1.165) is 42.9 Å². The van der Waals surface area contributed by atoms with E-state index in [1.165, 1.54) is 24.0 Å². The predicted octanol–water partition coefficient (Wildman–Crippen LogP) is 3.43. The van der Waals surface area contributed by atoms with Gasteiger partial charge in [-0.2, -0.15) is 10.2 Å². The van der Waals surface area contributed by atoms with Gasteiger partial charge in [0.05, 0.1) is 22.9 Å². The number of benzene rings is 1. The highest BCUT2D eigenvalue weighted by molar-refractivity contribution is 5.77. The van der Waals surface area contributed by atoms with Gasteiger partial charge in [0.1, 0.15) is 5.39 Å². The molecular formula is C27H26N8O. The molecule has 4 aromatic rings. The molecule has 9 heteroatoms. The molecule has 1 spiro atoms. The summed E-state index contributed by atoms with van der Waals surface area (Å²) in [6.45, 7) is 3.40. The Morgan fingerprint density at radius 3 is 2.78 bits per heavy atom. The van der Waals surface area contributed by atoms with Crippen LogP contribution in [0.1, 0.15) is 49.4 Å². The molecule has 0 saturated heterocycles. The molecule has 1 aromatic carbocycles. The van der Waals surface area contributed by atoms with E-state index in [0.29, 0.717) is 23.5 Å². The van der Waals surface area contributed by atoms with Crippen molar-refractivity contribution in [3.05, 3.63) is 69.9 Å². The third-order valence-corrected chi connectivity index (χ3v) is 7.90. The predicted molar refractivity (Wildman–Crippen MR) is 135 cm³/mol. The largest absolute Gasteiger partial charge is 0.324 e. The molecule has 4 heterocycles. The van der Waals surface area contributed by atoms with Crippen LogP contribution in [0, 0.1) is 11.3 Å². The minimum Gasteiger partial charge on any atom is -0.324 e. The van der Waals surface area contributed by atoms with Gasteiger partial charge < -0.3 is 10.6 Å². The van der Waals surface area contributed by atoms with Gasteiger partial charge in [0.15, 0.2) is 5.65 Å². The quantitative estimate of drug-likeness (QED) is 0.452. The van der Waals surface area contributed by atoms with E-state index in [9.17, 15) is 10.1 Å². The van der Waals surface area contributed by atoms with Crippen molar-refractivity contribution >= 4 is 22.7 Å². The number of hydrogen-bond donors (Lipinski definition) is 2. The third-order valence-electron chi connectivity index (χ3n) is 7.90. The first-order valence-corrected chi connectivity index (χ1v) is 12.6. The van der Waals surface area contributed by atoms with Crippen LogP contribution in [0.3, 0.4) is 0 Å². The van der Waals surface area contributed by atoms with Crippen molar-refractivity contribution in [3.8, 4) is 11.8 Å². The lowest BCUT2D eigenvalue weighted by Crippen LogP contribution is -2.36. The molecule has 2 aliphatic carbocycles. The minimum absolute atomic E-state index is 0.144. The maximum absolute atomic E-state index is 13.2. The molecule has 3 aromatic heterocycles. The Hall–Kier alpha value is -4.03. The van der Waals surface area contributed by atoms with Gasteiger partial charge in [0, 0.05) is 36.7 Å². The molecule has 0 radical (unpaired) electrons. The second-order valence-electron chi connectivity index (χ2n) is 10.1.